The Morgan fingerprint density at radius 3 is 2.80 bits per heavy atom. The number of likely N-dealkylation sites (N-methyl/N-ethyl adjacent to an activating group) is 1. The van der Waals surface area contributed by atoms with Crippen LogP contribution in [0.2, 0.25) is 0 Å². The summed E-state index contributed by atoms with van der Waals surface area (Å²) in [6.45, 7) is 8.41. The lowest BCUT2D eigenvalue weighted by atomic mass is 9.67. The first kappa shape index (κ1) is 15.5. The van der Waals surface area contributed by atoms with Gasteiger partial charge in [0.25, 0.3) is 0 Å². The molecular weight excluding hydrogens is 246 g/mol. The number of aromatic nitrogens is 1. The number of nitrogens with two attached hydrogens (primary N) is 1. The zero-order valence-corrected chi connectivity index (χ0v) is 13.4. The molecule has 2 rings (SSSR count). The number of rotatable bonds is 4. The van der Waals surface area contributed by atoms with Crippen LogP contribution in [0, 0.1) is 18.8 Å². The van der Waals surface area contributed by atoms with E-state index in [0.29, 0.717) is 5.92 Å². The normalized spacial score (nSPS) is 30.7. The van der Waals surface area contributed by atoms with Crippen molar-refractivity contribution < 1.29 is 0 Å². The van der Waals surface area contributed by atoms with Gasteiger partial charge >= 0.3 is 0 Å². The Bertz CT molecular complexity index is 446. The molecule has 0 aromatic carbocycles. The molecule has 0 saturated heterocycles. The van der Waals surface area contributed by atoms with E-state index < -0.39 is 0 Å². The molecule has 0 aliphatic heterocycles. The average molecular weight is 275 g/mol. The van der Waals surface area contributed by atoms with Crippen molar-refractivity contribution in [3.63, 3.8) is 0 Å². The maximum Gasteiger partial charge on any atom is 0.0547 e. The van der Waals surface area contributed by atoms with Gasteiger partial charge in [-0.3, -0.25) is 9.88 Å². The molecule has 0 spiro atoms. The molecule has 1 saturated carbocycles. The second-order valence-corrected chi connectivity index (χ2v) is 6.59. The summed E-state index contributed by atoms with van der Waals surface area (Å²) in [5.41, 5.74) is 8.57. The van der Waals surface area contributed by atoms with Gasteiger partial charge in [-0.05, 0) is 44.4 Å². The lowest BCUT2D eigenvalue weighted by molar-refractivity contribution is 0.000669. The van der Waals surface area contributed by atoms with Crippen LogP contribution < -0.4 is 5.73 Å². The number of aryl methyl sites for hydroxylation is 1. The molecule has 3 heteroatoms. The number of hydrogen-bond donors (Lipinski definition) is 1. The van der Waals surface area contributed by atoms with Gasteiger partial charge in [0.15, 0.2) is 0 Å². The molecule has 1 aliphatic carbocycles. The van der Waals surface area contributed by atoms with Gasteiger partial charge in [0.2, 0.25) is 0 Å². The van der Waals surface area contributed by atoms with Gasteiger partial charge in [-0.1, -0.05) is 32.8 Å². The van der Waals surface area contributed by atoms with Gasteiger partial charge in [-0.25, -0.2) is 0 Å². The van der Waals surface area contributed by atoms with Gasteiger partial charge in [-0.15, -0.1) is 0 Å². The predicted molar refractivity (Wildman–Crippen MR) is 84.4 cm³/mol. The van der Waals surface area contributed by atoms with Crippen LogP contribution in [0.5, 0.6) is 0 Å². The molecule has 3 atom stereocenters. The fraction of sp³-hybridized carbons (Fsp3) is 0.706. The Kier molecular flexibility index (Phi) is 4.82. The number of nitrogens with zero attached hydrogens (tertiary/aromatic N) is 2. The summed E-state index contributed by atoms with van der Waals surface area (Å²) >= 11 is 0. The highest BCUT2D eigenvalue weighted by molar-refractivity contribution is 5.11. The first-order valence-electron chi connectivity index (χ1n) is 7.83. The highest BCUT2D eigenvalue weighted by Crippen LogP contribution is 2.41. The zero-order valence-electron chi connectivity index (χ0n) is 13.4. The van der Waals surface area contributed by atoms with E-state index in [-0.39, 0.29) is 5.54 Å². The van der Waals surface area contributed by atoms with Gasteiger partial charge in [-0.2, -0.15) is 0 Å². The molecule has 0 bridgehead atoms. The summed E-state index contributed by atoms with van der Waals surface area (Å²) in [6, 6.07) is 6.26. The predicted octanol–water partition coefficient (Wildman–Crippen LogP) is 2.98. The van der Waals surface area contributed by atoms with E-state index in [1.54, 1.807) is 0 Å². The zero-order chi connectivity index (χ0) is 14.8. The van der Waals surface area contributed by atoms with E-state index in [1.807, 2.05) is 13.0 Å². The fourth-order valence-electron chi connectivity index (χ4n) is 3.81. The SMILES string of the molecule is Cc1cccc(CN(C)C2(CN)CCCC(C)C2C)n1. The molecule has 1 aromatic heterocycles. The van der Waals surface area contributed by atoms with Crippen LogP contribution in [-0.4, -0.2) is 29.0 Å². The highest BCUT2D eigenvalue weighted by atomic mass is 15.2. The Morgan fingerprint density at radius 2 is 2.15 bits per heavy atom. The van der Waals surface area contributed by atoms with Crippen LogP contribution in [0.25, 0.3) is 0 Å². The maximum absolute atomic E-state index is 6.21. The maximum atomic E-state index is 6.21. The van der Waals surface area contributed by atoms with Crippen LogP contribution in [-0.2, 0) is 6.54 Å². The molecule has 1 heterocycles. The molecule has 112 valence electrons. The molecule has 2 N–H and O–H groups in total. The van der Waals surface area contributed by atoms with Crippen molar-refractivity contribution in [3.05, 3.63) is 29.6 Å². The Hall–Kier alpha value is -0.930. The topological polar surface area (TPSA) is 42.1 Å². The standard InChI is InChI=1S/C17H29N3/c1-13-7-6-10-17(12-18,15(13)3)20(4)11-16-9-5-8-14(2)19-16/h5,8-9,13,15H,6-7,10-12,18H2,1-4H3. The largest absolute Gasteiger partial charge is 0.329 e. The lowest BCUT2D eigenvalue weighted by Crippen LogP contribution is -2.59. The Labute approximate surface area is 123 Å². The smallest absolute Gasteiger partial charge is 0.0547 e. The second-order valence-electron chi connectivity index (χ2n) is 6.59. The van der Waals surface area contributed by atoms with Crippen molar-refractivity contribution in [2.24, 2.45) is 17.6 Å². The molecule has 3 unspecified atom stereocenters. The van der Waals surface area contributed by atoms with Crippen molar-refractivity contribution in [1.29, 1.82) is 0 Å². The van der Waals surface area contributed by atoms with E-state index in [4.69, 9.17) is 5.73 Å². The minimum absolute atomic E-state index is 0.128. The molecule has 0 amide bonds. The van der Waals surface area contributed by atoms with Crippen LogP contribution in [0.3, 0.4) is 0 Å². The van der Waals surface area contributed by atoms with Crippen molar-refractivity contribution in [2.45, 2.75) is 52.1 Å². The Balaban J connectivity index is 2.18. The first-order valence-corrected chi connectivity index (χ1v) is 7.83. The summed E-state index contributed by atoms with van der Waals surface area (Å²) in [4.78, 5) is 7.09. The van der Waals surface area contributed by atoms with E-state index in [0.717, 1.165) is 30.4 Å². The van der Waals surface area contributed by atoms with Crippen molar-refractivity contribution >= 4 is 0 Å². The molecule has 20 heavy (non-hydrogen) atoms. The molecule has 1 aliphatic rings. The van der Waals surface area contributed by atoms with Crippen molar-refractivity contribution in [1.82, 2.24) is 9.88 Å². The van der Waals surface area contributed by atoms with Gasteiger partial charge in [0.05, 0.1) is 5.69 Å². The third kappa shape index (κ3) is 2.89. The summed E-state index contributed by atoms with van der Waals surface area (Å²) < 4.78 is 0. The molecular formula is C17H29N3. The molecule has 1 aromatic rings. The minimum atomic E-state index is 0.128. The van der Waals surface area contributed by atoms with Crippen LogP contribution >= 0.6 is 0 Å². The first-order chi connectivity index (χ1) is 9.49. The summed E-state index contributed by atoms with van der Waals surface area (Å²) in [7, 11) is 2.21. The molecule has 1 fully saturated rings. The van der Waals surface area contributed by atoms with Crippen LogP contribution in [0.15, 0.2) is 18.2 Å². The highest BCUT2D eigenvalue weighted by Gasteiger charge is 2.43. The number of pyridine rings is 1. The van der Waals surface area contributed by atoms with Gasteiger partial charge in [0.1, 0.15) is 0 Å². The third-order valence-electron chi connectivity index (χ3n) is 5.43. The van der Waals surface area contributed by atoms with E-state index in [2.05, 4.69) is 42.9 Å². The van der Waals surface area contributed by atoms with Crippen LogP contribution in [0.1, 0.15) is 44.5 Å². The van der Waals surface area contributed by atoms with E-state index >= 15 is 0 Å². The van der Waals surface area contributed by atoms with Gasteiger partial charge < -0.3 is 5.73 Å². The summed E-state index contributed by atoms with van der Waals surface area (Å²) in [6.07, 6.45) is 3.82. The monoisotopic (exact) mass is 275 g/mol. The lowest BCUT2D eigenvalue weighted by Gasteiger charge is -2.51. The quantitative estimate of drug-likeness (QED) is 0.918. The Morgan fingerprint density at radius 1 is 1.40 bits per heavy atom. The van der Waals surface area contributed by atoms with Crippen molar-refractivity contribution in [3.8, 4) is 0 Å². The van der Waals surface area contributed by atoms with Gasteiger partial charge in [0, 0.05) is 24.3 Å². The molecule has 0 radical (unpaired) electrons. The summed E-state index contributed by atoms with van der Waals surface area (Å²) in [5.74, 6) is 1.39. The van der Waals surface area contributed by atoms with Crippen molar-refractivity contribution in [2.75, 3.05) is 13.6 Å². The average Bonchev–Trinajstić information content (AvgIpc) is 2.42. The molecule has 3 nitrogen and oxygen atoms in total. The second kappa shape index (κ2) is 6.23. The minimum Gasteiger partial charge on any atom is -0.329 e. The van der Waals surface area contributed by atoms with Crippen LogP contribution in [0.4, 0.5) is 0 Å². The van der Waals surface area contributed by atoms with E-state index in [9.17, 15) is 0 Å². The summed E-state index contributed by atoms with van der Waals surface area (Å²) in [5, 5.41) is 0. The third-order valence-corrected chi connectivity index (χ3v) is 5.43. The van der Waals surface area contributed by atoms with E-state index in [1.165, 1.54) is 19.3 Å². The fourth-order valence-corrected chi connectivity index (χ4v) is 3.81. The number of hydrogen-bond acceptors (Lipinski definition) is 3.